The lowest BCUT2D eigenvalue weighted by Crippen LogP contribution is -2.26. The zero-order valence-electron chi connectivity index (χ0n) is 7.92. The first-order valence-electron chi connectivity index (χ1n) is 4.87. The van der Waals surface area contributed by atoms with Crippen molar-refractivity contribution in [3.63, 3.8) is 0 Å². The van der Waals surface area contributed by atoms with Crippen molar-refractivity contribution >= 4 is 0 Å². The first-order valence-corrected chi connectivity index (χ1v) is 4.87. The van der Waals surface area contributed by atoms with Gasteiger partial charge in [0.15, 0.2) is 0 Å². The van der Waals surface area contributed by atoms with Crippen molar-refractivity contribution in [1.82, 2.24) is 5.32 Å². The fourth-order valence-electron chi connectivity index (χ4n) is 1.80. The second kappa shape index (κ2) is 3.79. The summed E-state index contributed by atoms with van der Waals surface area (Å²) in [6.07, 6.45) is 1.07. The van der Waals surface area contributed by atoms with Crippen LogP contribution >= 0.6 is 0 Å². The fourth-order valence-corrected chi connectivity index (χ4v) is 1.80. The van der Waals surface area contributed by atoms with Crippen LogP contribution < -0.4 is 10.1 Å². The van der Waals surface area contributed by atoms with E-state index in [1.807, 2.05) is 12.1 Å². The summed E-state index contributed by atoms with van der Waals surface area (Å²) in [5.41, 5.74) is 1.30. The third-order valence-electron chi connectivity index (χ3n) is 2.41. The van der Waals surface area contributed by atoms with E-state index >= 15 is 0 Å². The maximum absolute atomic E-state index is 5.56. The maximum atomic E-state index is 5.56. The molecular weight excluding hydrogens is 162 g/mol. The fraction of sp³-hybridized carbons (Fsp3) is 0.455. The summed E-state index contributed by atoms with van der Waals surface area (Å²) in [4.78, 5) is 0. The summed E-state index contributed by atoms with van der Waals surface area (Å²) < 4.78 is 5.56. The largest absolute Gasteiger partial charge is 0.493 e. The second-order valence-electron chi connectivity index (χ2n) is 3.29. The molecule has 0 bridgehead atoms. The summed E-state index contributed by atoms with van der Waals surface area (Å²) in [7, 11) is 0. The highest BCUT2D eigenvalue weighted by Gasteiger charge is 2.19. The molecule has 0 aromatic heterocycles. The summed E-state index contributed by atoms with van der Waals surface area (Å²) in [5, 5.41) is 3.46. The number of rotatable bonds is 2. The molecule has 0 radical (unpaired) electrons. The SMILES string of the molecule is CCNC1CCOc2ccccc21. The molecule has 0 aliphatic carbocycles. The van der Waals surface area contributed by atoms with Gasteiger partial charge in [0.2, 0.25) is 0 Å². The lowest BCUT2D eigenvalue weighted by molar-refractivity contribution is 0.254. The monoisotopic (exact) mass is 177 g/mol. The van der Waals surface area contributed by atoms with Gasteiger partial charge < -0.3 is 10.1 Å². The molecule has 1 atom stereocenters. The molecule has 2 rings (SSSR count). The van der Waals surface area contributed by atoms with Gasteiger partial charge in [-0.3, -0.25) is 0 Å². The van der Waals surface area contributed by atoms with Gasteiger partial charge in [-0.2, -0.15) is 0 Å². The average molecular weight is 177 g/mol. The van der Waals surface area contributed by atoms with Crippen LogP contribution in [0, 0.1) is 0 Å². The van der Waals surface area contributed by atoms with Crippen LogP contribution in [0.5, 0.6) is 5.75 Å². The van der Waals surface area contributed by atoms with Crippen LogP contribution in [-0.2, 0) is 0 Å². The van der Waals surface area contributed by atoms with Crippen LogP contribution in [0.25, 0.3) is 0 Å². The molecule has 1 aromatic carbocycles. The predicted molar refractivity (Wildman–Crippen MR) is 53.0 cm³/mol. The molecular formula is C11H15NO. The number of para-hydroxylation sites is 1. The molecule has 1 unspecified atom stereocenters. The third-order valence-corrected chi connectivity index (χ3v) is 2.41. The van der Waals surface area contributed by atoms with Gasteiger partial charge in [-0.05, 0) is 12.6 Å². The Bertz CT molecular complexity index is 285. The Morgan fingerprint density at radius 3 is 3.15 bits per heavy atom. The minimum atomic E-state index is 0.481. The second-order valence-corrected chi connectivity index (χ2v) is 3.29. The van der Waals surface area contributed by atoms with Crippen molar-refractivity contribution in [3.05, 3.63) is 29.8 Å². The first kappa shape index (κ1) is 8.57. The van der Waals surface area contributed by atoms with E-state index in [1.165, 1.54) is 5.56 Å². The van der Waals surface area contributed by atoms with Crippen LogP contribution in [0.4, 0.5) is 0 Å². The first-order chi connectivity index (χ1) is 6.42. The Hall–Kier alpha value is -1.02. The van der Waals surface area contributed by atoms with Crippen LogP contribution in [0.15, 0.2) is 24.3 Å². The van der Waals surface area contributed by atoms with Gasteiger partial charge in [-0.25, -0.2) is 0 Å². The van der Waals surface area contributed by atoms with Crippen LogP contribution in [-0.4, -0.2) is 13.2 Å². The molecule has 70 valence electrons. The molecule has 1 aliphatic heterocycles. The lowest BCUT2D eigenvalue weighted by atomic mass is 10.0. The molecule has 0 spiro atoms. The molecule has 2 heteroatoms. The number of fused-ring (bicyclic) bond motifs is 1. The van der Waals surface area contributed by atoms with Crippen LogP contribution in [0.2, 0.25) is 0 Å². The van der Waals surface area contributed by atoms with Crippen LogP contribution in [0.1, 0.15) is 24.9 Å². The molecule has 1 heterocycles. The summed E-state index contributed by atoms with van der Waals surface area (Å²) in [6, 6.07) is 8.75. The Labute approximate surface area is 78.9 Å². The Morgan fingerprint density at radius 2 is 2.31 bits per heavy atom. The number of benzene rings is 1. The molecule has 13 heavy (non-hydrogen) atoms. The standard InChI is InChI=1S/C11H15NO/c1-2-12-10-7-8-13-11-6-4-3-5-9(10)11/h3-6,10,12H,2,7-8H2,1H3. The number of ether oxygens (including phenoxy) is 1. The lowest BCUT2D eigenvalue weighted by Gasteiger charge is -2.26. The van der Waals surface area contributed by atoms with E-state index in [4.69, 9.17) is 4.74 Å². The van der Waals surface area contributed by atoms with Crippen molar-refractivity contribution < 1.29 is 4.74 Å². The quantitative estimate of drug-likeness (QED) is 0.747. The highest BCUT2D eigenvalue weighted by molar-refractivity contribution is 5.37. The van der Waals surface area contributed by atoms with Crippen molar-refractivity contribution in [3.8, 4) is 5.75 Å². The molecule has 0 saturated carbocycles. The molecule has 1 aliphatic rings. The molecule has 2 nitrogen and oxygen atoms in total. The average Bonchev–Trinajstić information content (AvgIpc) is 2.19. The van der Waals surface area contributed by atoms with Gasteiger partial charge in [0.05, 0.1) is 6.61 Å². The van der Waals surface area contributed by atoms with E-state index in [-0.39, 0.29) is 0 Å². The normalized spacial score (nSPS) is 20.5. The summed E-state index contributed by atoms with van der Waals surface area (Å²) >= 11 is 0. The van der Waals surface area contributed by atoms with Gasteiger partial charge in [0, 0.05) is 18.0 Å². The van der Waals surface area contributed by atoms with E-state index in [9.17, 15) is 0 Å². The number of nitrogens with one attached hydrogen (secondary N) is 1. The van der Waals surface area contributed by atoms with E-state index in [1.54, 1.807) is 0 Å². The van der Waals surface area contributed by atoms with E-state index in [0.29, 0.717) is 6.04 Å². The number of hydrogen-bond donors (Lipinski definition) is 1. The minimum absolute atomic E-state index is 0.481. The van der Waals surface area contributed by atoms with Gasteiger partial charge in [0.1, 0.15) is 5.75 Å². The Kier molecular flexibility index (Phi) is 2.50. The van der Waals surface area contributed by atoms with E-state index < -0.39 is 0 Å². The van der Waals surface area contributed by atoms with Crippen molar-refractivity contribution in [2.75, 3.05) is 13.2 Å². The third kappa shape index (κ3) is 1.68. The summed E-state index contributed by atoms with van der Waals surface area (Å²) in [6.45, 7) is 3.98. The summed E-state index contributed by atoms with van der Waals surface area (Å²) in [5.74, 6) is 1.04. The topological polar surface area (TPSA) is 21.3 Å². The zero-order chi connectivity index (χ0) is 9.10. The minimum Gasteiger partial charge on any atom is -0.493 e. The van der Waals surface area contributed by atoms with Gasteiger partial charge >= 0.3 is 0 Å². The van der Waals surface area contributed by atoms with Gasteiger partial charge in [-0.1, -0.05) is 25.1 Å². The van der Waals surface area contributed by atoms with Crippen molar-refractivity contribution in [2.24, 2.45) is 0 Å². The molecule has 0 saturated heterocycles. The molecule has 0 amide bonds. The van der Waals surface area contributed by atoms with Crippen molar-refractivity contribution in [1.29, 1.82) is 0 Å². The van der Waals surface area contributed by atoms with Gasteiger partial charge in [0.25, 0.3) is 0 Å². The number of hydrogen-bond acceptors (Lipinski definition) is 2. The Morgan fingerprint density at radius 1 is 1.46 bits per heavy atom. The van der Waals surface area contributed by atoms with Crippen LogP contribution in [0.3, 0.4) is 0 Å². The zero-order valence-corrected chi connectivity index (χ0v) is 7.92. The highest BCUT2D eigenvalue weighted by Crippen LogP contribution is 2.31. The smallest absolute Gasteiger partial charge is 0.124 e. The van der Waals surface area contributed by atoms with E-state index in [2.05, 4.69) is 24.4 Å². The highest BCUT2D eigenvalue weighted by atomic mass is 16.5. The van der Waals surface area contributed by atoms with Crippen molar-refractivity contribution in [2.45, 2.75) is 19.4 Å². The molecule has 1 aromatic rings. The molecule has 0 fully saturated rings. The molecule has 1 N–H and O–H groups in total. The predicted octanol–water partition coefficient (Wildman–Crippen LogP) is 2.12. The Balaban J connectivity index is 2.26. The van der Waals surface area contributed by atoms with E-state index in [0.717, 1.165) is 25.3 Å². The van der Waals surface area contributed by atoms with Gasteiger partial charge in [-0.15, -0.1) is 0 Å². The maximum Gasteiger partial charge on any atom is 0.124 e.